The van der Waals surface area contributed by atoms with E-state index >= 15 is 0 Å². The standard InChI is InChI=1S/C14H17NO3/c1-10-4-6-11(7-5-10)15-12(16)14(8-3-9-14)13(17)18-2/h4-7H,3,8-9H2,1-2H3,(H,15,16). The van der Waals surface area contributed by atoms with Crippen LogP contribution in [0.2, 0.25) is 0 Å². The Morgan fingerprint density at radius 3 is 2.28 bits per heavy atom. The van der Waals surface area contributed by atoms with Gasteiger partial charge in [0.25, 0.3) is 0 Å². The van der Waals surface area contributed by atoms with E-state index in [9.17, 15) is 9.59 Å². The first-order chi connectivity index (χ1) is 8.58. The maximum atomic E-state index is 12.2. The van der Waals surface area contributed by atoms with E-state index in [1.54, 1.807) is 0 Å². The van der Waals surface area contributed by atoms with Crippen LogP contribution in [0, 0.1) is 12.3 Å². The number of hydrogen-bond donors (Lipinski definition) is 1. The lowest BCUT2D eigenvalue weighted by Gasteiger charge is -2.36. The summed E-state index contributed by atoms with van der Waals surface area (Å²) in [6.07, 6.45) is 2.02. The molecular formula is C14H17NO3. The molecule has 0 bridgehead atoms. The molecule has 0 unspecified atom stereocenters. The van der Waals surface area contributed by atoms with E-state index in [0.29, 0.717) is 18.5 Å². The van der Waals surface area contributed by atoms with Crippen molar-refractivity contribution in [2.75, 3.05) is 12.4 Å². The Morgan fingerprint density at radius 2 is 1.83 bits per heavy atom. The highest BCUT2D eigenvalue weighted by Gasteiger charge is 2.51. The van der Waals surface area contributed by atoms with Crippen molar-refractivity contribution >= 4 is 17.6 Å². The van der Waals surface area contributed by atoms with Crippen molar-refractivity contribution in [3.8, 4) is 0 Å². The molecular weight excluding hydrogens is 230 g/mol. The molecule has 0 heterocycles. The fourth-order valence-corrected chi connectivity index (χ4v) is 2.14. The Labute approximate surface area is 106 Å². The van der Waals surface area contributed by atoms with Gasteiger partial charge in [0.05, 0.1) is 7.11 Å². The van der Waals surface area contributed by atoms with Gasteiger partial charge in [-0.25, -0.2) is 0 Å². The van der Waals surface area contributed by atoms with Crippen LogP contribution in [0.3, 0.4) is 0 Å². The summed E-state index contributed by atoms with van der Waals surface area (Å²) >= 11 is 0. The molecule has 1 aromatic rings. The summed E-state index contributed by atoms with van der Waals surface area (Å²) in [6.45, 7) is 1.98. The van der Waals surface area contributed by atoms with E-state index < -0.39 is 11.4 Å². The normalized spacial score (nSPS) is 16.6. The number of rotatable bonds is 3. The van der Waals surface area contributed by atoms with Crippen LogP contribution in [0.25, 0.3) is 0 Å². The minimum Gasteiger partial charge on any atom is -0.468 e. The maximum Gasteiger partial charge on any atom is 0.321 e. The van der Waals surface area contributed by atoms with E-state index in [1.165, 1.54) is 7.11 Å². The Bertz CT molecular complexity index is 460. The van der Waals surface area contributed by atoms with Crippen molar-refractivity contribution < 1.29 is 14.3 Å². The monoisotopic (exact) mass is 247 g/mol. The van der Waals surface area contributed by atoms with Crippen molar-refractivity contribution in [3.63, 3.8) is 0 Å². The summed E-state index contributed by atoms with van der Waals surface area (Å²) in [5.41, 5.74) is 0.861. The highest BCUT2D eigenvalue weighted by molar-refractivity contribution is 6.09. The van der Waals surface area contributed by atoms with E-state index in [1.807, 2.05) is 31.2 Å². The van der Waals surface area contributed by atoms with Gasteiger partial charge in [-0.15, -0.1) is 0 Å². The molecule has 18 heavy (non-hydrogen) atoms. The van der Waals surface area contributed by atoms with Gasteiger partial charge in [0.2, 0.25) is 5.91 Å². The second kappa shape index (κ2) is 4.80. The fraction of sp³-hybridized carbons (Fsp3) is 0.429. The van der Waals surface area contributed by atoms with Gasteiger partial charge in [-0.1, -0.05) is 24.1 Å². The summed E-state index contributed by atoms with van der Waals surface area (Å²) in [5, 5.41) is 2.79. The molecule has 96 valence electrons. The van der Waals surface area contributed by atoms with E-state index in [-0.39, 0.29) is 5.91 Å². The third-order valence-electron chi connectivity index (χ3n) is 3.53. The summed E-state index contributed by atoms with van der Waals surface area (Å²) in [5.74, 6) is -0.692. The van der Waals surface area contributed by atoms with Gasteiger partial charge in [0.15, 0.2) is 0 Å². The molecule has 1 aromatic carbocycles. The minimum atomic E-state index is -0.973. The molecule has 0 saturated heterocycles. The molecule has 4 nitrogen and oxygen atoms in total. The highest BCUT2D eigenvalue weighted by atomic mass is 16.5. The Kier molecular flexibility index (Phi) is 3.36. The number of hydrogen-bond acceptors (Lipinski definition) is 3. The summed E-state index contributed by atoms with van der Waals surface area (Å²) < 4.78 is 4.74. The zero-order valence-electron chi connectivity index (χ0n) is 10.7. The number of nitrogens with one attached hydrogen (secondary N) is 1. The van der Waals surface area contributed by atoms with Gasteiger partial charge < -0.3 is 10.1 Å². The van der Waals surface area contributed by atoms with Gasteiger partial charge in [-0.05, 0) is 31.9 Å². The SMILES string of the molecule is COC(=O)C1(C(=O)Nc2ccc(C)cc2)CCC1. The van der Waals surface area contributed by atoms with Gasteiger partial charge in [0, 0.05) is 5.69 Å². The van der Waals surface area contributed by atoms with Crippen LogP contribution in [0.4, 0.5) is 5.69 Å². The Balaban J connectivity index is 2.11. The van der Waals surface area contributed by atoms with E-state index in [4.69, 9.17) is 4.74 Å². The van der Waals surface area contributed by atoms with Crippen molar-refractivity contribution in [2.24, 2.45) is 5.41 Å². The molecule has 1 saturated carbocycles. The third kappa shape index (κ3) is 2.10. The largest absolute Gasteiger partial charge is 0.468 e. The average molecular weight is 247 g/mol. The molecule has 2 rings (SSSR count). The zero-order chi connectivity index (χ0) is 13.2. The summed E-state index contributed by atoms with van der Waals surface area (Å²) in [7, 11) is 1.32. The predicted molar refractivity (Wildman–Crippen MR) is 68.1 cm³/mol. The summed E-state index contributed by atoms with van der Waals surface area (Å²) in [4.78, 5) is 23.9. The second-order valence-electron chi connectivity index (χ2n) is 4.75. The molecule has 1 amide bonds. The second-order valence-corrected chi connectivity index (χ2v) is 4.75. The molecule has 0 atom stereocenters. The first-order valence-corrected chi connectivity index (χ1v) is 6.05. The third-order valence-corrected chi connectivity index (χ3v) is 3.53. The van der Waals surface area contributed by atoms with Crippen LogP contribution < -0.4 is 5.32 Å². The van der Waals surface area contributed by atoms with Crippen molar-refractivity contribution in [1.29, 1.82) is 0 Å². The molecule has 1 fully saturated rings. The first-order valence-electron chi connectivity index (χ1n) is 6.05. The first kappa shape index (κ1) is 12.6. The Morgan fingerprint density at radius 1 is 1.22 bits per heavy atom. The molecule has 0 spiro atoms. The van der Waals surface area contributed by atoms with Gasteiger partial charge in [-0.3, -0.25) is 9.59 Å². The lowest BCUT2D eigenvalue weighted by atomic mass is 9.68. The lowest BCUT2D eigenvalue weighted by molar-refractivity contribution is -0.163. The number of esters is 1. The number of aryl methyl sites for hydroxylation is 1. The molecule has 1 N–H and O–H groups in total. The van der Waals surface area contributed by atoms with E-state index in [0.717, 1.165) is 12.0 Å². The molecule has 1 aliphatic carbocycles. The molecule has 0 aliphatic heterocycles. The average Bonchev–Trinajstić information content (AvgIpc) is 2.30. The number of amides is 1. The number of methoxy groups -OCH3 is 1. The Hall–Kier alpha value is -1.84. The molecule has 1 aliphatic rings. The van der Waals surface area contributed by atoms with Gasteiger partial charge >= 0.3 is 5.97 Å². The number of carbonyl (C=O) groups excluding carboxylic acids is 2. The smallest absolute Gasteiger partial charge is 0.321 e. The van der Waals surface area contributed by atoms with Crippen LogP contribution >= 0.6 is 0 Å². The molecule has 0 aromatic heterocycles. The summed E-state index contributed by atoms with van der Waals surface area (Å²) in [6, 6.07) is 7.50. The van der Waals surface area contributed by atoms with Crippen LogP contribution in [-0.2, 0) is 14.3 Å². The minimum absolute atomic E-state index is 0.260. The van der Waals surface area contributed by atoms with Gasteiger partial charge in [-0.2, -0.15) is 0 Å². The fourth-order valence-electron chi connectivity index (χ4n) is 2.14. The zero-order valence-corrected chi connectivity index (χ0v) is 10.7. The van der Waals surface area contributed by atoms with Crippen molar-refractivity contribution in [1.82, 2.24) is 0 Å². The molecule has 0 radical (unpaired) electrons. The van der Waals surface area contributed by atoms with Crippen LogP contribution in [0.5, 0.6) is 0 Å². The van der Waals surface area contributed by atoms with E-state index in [2.05, 4.69) is 5.32 Å². The number of benzene rings is 1. The van der Waals surface area contributed by atoms with Crippen LogP contribution in [0.15, 0.2) is 24.3 Å². The molecule has 4 heteroatoms. The number of carbonyl (C=O) groups is 2. The topological polar surface area (TPSA) is 55.4 Å². The van der Waals surface area contributed by atoms with Crippen LogP contribution in [-0.4, -0.2) is 19.0 Å². The van der Waals surface area contributed by atoms with Crippen LogP contribution in [0.1, 0.15) is 24.8 Å². The number of anilines is 1. The predicted octanol–water partition coefficient (Wildman–Crippen LogP) is 2.28. The quantitative estimate of drug-likeness (QED) is 0.658. The highest BCUT2D eigenvalue weighted by Crippen LogP contribution is 2.42. The lowest BCUT2D eigenvalue weighted by Crippen LogP contribution is -2.48. The maximum absolute atomic E-state index is 12.2. The van der Waals surface area contributed by atoms with Gasteiger partial charge in [0.1, 0.15) is 5.41 Å². The van der Waals surface area contributed by atoms with Crippen molar-refractivity contribution in [3.05, 3.63) is 29.8 Å². The van der Waals surface area contributed by atoms with Crippen molar-refractivity contribution in [2.45, 2.75) is 26.2 Å². The number of ether oxygens (including phenoxy) is 1.